The van der Waals surface area contributed by atoms with Crippen LogP contribution in [-0.4, -0.2) is 37.7 Å². The normalized spacial score (nSPS) is 25.7. The molecule has 106 valence electrons. The van der Waals surface area contributed by atoms with Gasteiger partial charge in [0.15, 0.2) is 0 Å². The van der Waals surface area contributed by atoms with Gasteiger partial charge in [0.25, 0.3) is 0 Å². The largest absolute Gasteiger partial charge is 0.380 e. The molecule has 4 heteroatoms. The number of ether oxygens (including phenoxy) is 1. The Morgan fingerprint density at radius 3 is 2.78 bits per heavy atom. The van der Waals surface area contributed by atoms with Crippen molar-refractivity contribution >= 4 is 5.91 Å². The van der Waals surface area contributed by atoms with Crippen LogP contribution in [0.2, 0.25) is 0 Å². The standard InChI is InChI=1S/C14H28N2O2/c1-4-11(2)16-14(17)9-10-15-12-7-5-6-8-13(12)18-3/h11-13,15H,4-10H2,1-3H3,(H,16,17). The van der Waals surface area contributed by atoms with Crippen molar-refractivity contribution in [2.24, 2.45) is 0 Å². The van der Waals surface area contributed by atoms with Crippen LogP contribution >= 0.6 is 0 Å². The lowest BCUT2D eigenvalue weighted by molar-refractivity contribution is -0.121. The monoisotopic (exact) mass is 256 g/mol. The first kappa shape index (κ1) is 15.4. The van der Waals surface area contributed by atoms with E-state index in [9.17, 15) is 4.79 Å². The van der Waals surface area contributed by atoms with E-state index in [1.807, 2.05) is 6.92 Å². The Hall–Kier alpha value is -0.610. The molecule has 1 amide bonds. The van der Waals surface area contributed by atoms with E-state index in [1.165, 1.54) is 12.8 Å². The summed E-state index contributed by atoms with van der Waals surface area (Å²) in [4.78, 5) is 11.6. The van der Waals surface area contributed by atoms with Gasteiger partial charge in [-0.3, -0.25) is 4.79 Å². The van der Waals surface area contributed by atoms with Gasteiger partial charge < -0.3 is 15.4 Å². The third-order valence-corrected chi connectivity index (χ3v) is 3.78. The molecular formula is C14H28N2O2. The van der Waals surface area contributed by atoms with Crippen LogP contribution in [0.3, 0.4) is 0 Å². The highest BCUT2D eigenvalue weighted by molar-refractivity contribution is 5.76. The molecule has 0 bridgehead atoms. The minimum absolute atomic E-state index is 0.140. The molecule has 0 radical (unpaired) electrons. The molecule has 1 aliphatic rings. The van der Waals surface area contributed by atoms with E-state index in [0.29, 0.717) is 18.6 Å². The van der Waals surface area contributed by atoms with Crippen LogP contribution in [0.15, 0.2) is 0 Å². The molecule has 0 spiro atoms. The number of nitrogens with one attached hydrogen (secondary N) is 2. The fourth-order valence-electron chi connectivity index (χ4n) is 2.43. The molecule has 0 saturated heterocycles. The number of methoxy groups -OCH3 is 1. The van der Waals surface area contributed by atoms with Gasteiger partial charge in [0.1, 0.15) is 0 Å². The van der Waals surface area contributed by atoms with Crippen molar-refractivity contribution in [3.63, 3.8) is 0 Å². The molecule has 0 aromatic rings. The van der Waals surface area contributed by atoms with Gasteiger partial charge >= 0.3 is 0 Å². The average molecular weight is 256 g/mol. The van der Waals surface area contributed by atoms with E-state index in [0.717, 1.165) is 25.8 Å². The average Bonchev–Trinajstić information content (AvgIpc) is 2.39. The Morgan fingerprint density at radius 1 is 1.39 bits per heavy atom. The maximum Gasteiger partial charge on any atom is 0.221 e. The van der Waals surface area contributed by atoms with E-state index < -0.39 is 0 Å². The highest BCUT2D eigenvalue weighted by Gasteiger charge is 2.24. The number of hydrogen-bond acceptors (Lipinski definition) is 3. The molecule has 2 N–H and O–H groups in total. The molecule has 3 unspecified atom stereocenters. The van der Waals surface area contributed by atoms with Crippen molar-refractivity contribution in [1.82, 2.24) is 10.6 Å². The van der Waals surface area contributed by atoms with Crippen LogP contribution in [0.4, 0.5) is 0 Å². The Labute approximate surface area is 111 Å². The van der Waals surface area contributed by atoms with Gasteiger partial charge in [0, 0.05) is 32.2 Å². The molecule has 4 nitrogen and oxygen atoms in total. The number of hydrogen-bond donors (Lipinski definition) is 2. The first-order chi connectivity index (χ1) is 8.67. The van der Waals surface area contributed by atoms with Crippen molar-refractivity contribution in [3.05, 3.63) is 0 Å². The second-order valence-electron chi connectivity index (χ2n) is 5.25. The van der Waals surface area contributed by atoms with Crippen molar-refractivity contribution < 1.29 is 9.53 Å². The molecule has 1 rings (SSSR count). The lowest BCUT2D eigenvalue weighted by atomic mass is 9.92. The summed E-state index contributed by atoms with van der Waals surface area (Å²) in [7, 11) is 1.78. The zero-order valence-corrected chi connectivity index (χ0v) is 12.0. The van der Waals surface area contributed by atoms with Gasteiger partial charge in [-0.15, -0.1) is 0 Å². The first-order valence-electron chi connectivity index (χ1n) is 7.23. The van der Waals surface area contributed by atoms with E-state index in [-0.39, 0.29) is 11.9 Å². The third kappa shape index (κ3) is 5.36. The van der Waals surface area contributed by atoms with Gasteiger partial charge in [-0.25, -0.2) is 0 Å². The molecule has 1 fully saturated rings. The van der Waals surface area contributed by atoms with Gasteiger partial charge in [-0.05, 0) is 26.2 Å². The summed E-state index contributed by atoms with van der Waals surface area (Å²) in [6.45, 7) is 4.86. The summed E-state index contributed by atoms with van der Waals surface area (Å²) < 4.78 is 5.48. The molecule has 0 heterocycles. The van der Waals surface area contributed by atoms with Crippen molar-refractivity contribution in [2.45, 2.75) is 70.6 Å². The van der Waals surface area contributed by atoms with E-state index in [2.05, 4.69) is 17.6 Å². The molecule has 1 saturated carbocycles. The predicted octanol–water partition coefficient (Wildman–Crippen LogP) is 1.84. The van der Waals surface area contributed by atoms with E-state index in [4.69, 9.17) is 4.74 Å². The molecular weight excluding hydrogens is 228 g/mol. The topological polar surface area (TPSA) is 50.4 Å². The molecule has 1 aliphatic carbocycles. The molecule has 0 aromatic heterocycles. The molecule has 18 heavy (non-hydrogen) atoms. The fraction of sp³-hybridized carbons (Fsp3) is 0.929. The number of carbonyl (C=O) groups excluding carboxylic acids is 1. The van der Waals surface area contributed by atoms with Crippen LogP contribution in [0.5, 0.6) is 0 Å². The Bertz CT molecular complexity index is 246. The Balaban J connectivity index is 2.17. The second-order valence-corrected chi connectivity index (χ2v) is 5.25. The minimum atomic E-state index is 0.140. The van der Waals surface area contributed by atoms with Gasteiger partial charge in [0.05, 0.1) is 6.10 Å². The minimum Gasteiger partial charge on any atom is -0.380 e. The van der Waals surface area contributed by atoms with Gasteiger partial charge in [-0.2, -0.15) is 0 Å². The zero-order valence-electron chi connectivity index (χ0n) is 12.0. The lowest BCUT2D eigenvalue weighted by Crippen LogP contribution is -2.44. The van der Waals surface area contributed by atoms with E-state index >= 15 is 0 Å². The van der Waals surface area contributed by atoms with Crippen molar-refractivity contribution in [1.29, 1.82) is 0 Å². The van der Waals surface area contributed by atoms with Gasteiger partial charge in [-0.1, -0.05) is 19.8 Å². The summed E-state index contributed by atoms with van der Waals surface area (Å²) in [6.07, 6.45) is 6.65. The Morgan fingerprint density at radius 2 is 2.11 bits per heavy atom. The number of carbonyl (C=O) groups is 1. The van der Waals surface area contributed by atoms with Crippen LogP contribution in [0.1, 0.15) is 52.4 Å². The molecule has 0 aliphatic heterocycles. The number of amides is 1. The summed E-state index contributed by atoms with van der Waals surface area (Å²) in [6, 6.07) is 0.694. The SMILES string of the molecule is CCC(C)NC(=O)CCNC1CCCCC1OC. The van der Waals surface area contributed by atoms with Crippen molar-refractivity contribution in [3.8, 4) is 0 Å². The lowest BCUT2D eigenvalue weighted by Gasteiger charge is -2.31. The van der Waals surface area contributed by atoms with Crippen LogP contribution in [-0.2, 0) is 9.53 Å². The third-order valence-electron chi connectivity index (χ3n) is 3.78. The predicted molar refractivity (Wildman–Crippen MR) is 73.6 cm³/mol. The Kier molecular flexibility index (Phi) is 7.28. The van der Waals surface area contributed by atoms with Crippen molar-refractivity contribution in [2.75, 3.05) is 13.7 Å². The second kappa shape index (κ2) is 8.48. The molecule has 0 aromatic carbocycles. The first-order valence-corrected chi connectivity index (χ1v) is 7.23. The van der Waals surface area contributed by atoms with Crippen LogP contribution in [0.25, 0.3) is 0 Å². The summed E-state index contributed by atoms with van der Waals surface area (Å²) in [5.41, 5.74) is 0. The molecule has 3 atom stereocenters. The highest BCUT2D eigenvalue weighted by atomic mass is 16.5. The smallest absolute Gasteiger partial charge is 0.221 e. The number of rotatable bonds is 7. The summed E-state index contributed by atoms with van der Waals surface area (Å²) >= 11 is 0. The maximum absolute atomic E-state index is 11.6. The van der Waals surface area contributed by atoms with Crippen LogP contribution < -0.4 is 10.6 Å². The maximum atomic E-state index is 11.6. The van der Waals surface area contributed by atoms with Crippen LogP contribution in [0, 0.1) is 0 Å². The van der Waals surface area contributed by atoms with Gasteiger partial charge in [0.2, 0.25) is 5.91 Å². The summed E-state index contributed by atoms with van der Waals surface area (Å²) in [5, 5.41) is 6.44. The highest BCUT2D eigenvalue weighted by Crippen LogP contribution is 2.20. The zero-order chi connectivity index (χ0) is 13.4. The quantitative estimate of drug-likeness (QED) is 0.731. The fourth-order valence-corrected chi connectivity index (χ4v) is 2.43. The van der Waals surface area contributed by atoms with E-state index in [1.54, 1.807) is 7.11 Å². The summed E-state index contributed by atoms with van der Waals surface area (Å²) in [5.74, 6) is 0.140.